The molecule has 0 atom stereocenters. The second-order valence-electron chi connectivity index (χ2n) is 3.46. The van der Waals surface area contributed by atoms with E-state index in [1.54, 1.807) is 0 Å². The molecule has 0 spiro atoms. The van der Waals surface area contributed by atoms with E-state index in [0.717, 1.165) is 12.8 Å². The molecule has 0 aromatic carbocycles. The van der Waals surface area contributed by atoms with Gasteiger partial charge in [0.25, 0.3) is 0 Å². The zero-order chi connectivity index (χ0) is 13.1. The van der Waals surface area contributed by atoms with E-state index in [4.69, 9.17) is 11.5 Å². The smallest absolute Gasteiger partial charge is 0.323 e. The molecule has 0 aromatic heterocycles. The summed E-state index contributed by atoms with van der Waals surface area (Å²) in [5.41, 5.74) is 0. The predicted molar refractivity (Wildman–Crippen MR) is 65.5 cm³/mol. The largest absolute Gasteiger partial charge is 0.480 e. The summed E-state index contributed by atoms with van der Waals surface area (Å²) in [6, 6.07) is -0.395. The number of urea groups is 1. The molecule has 0 aromatic rings. The molecule has 94 valence electrons. The van der Waals surface area contributed by atoms with Gasteiger partial charge in [0.15, 0.2) is 0 Å². The van der Waals surface area contributed by atoms with Crippen molar-refractivity contribution in [1.82, 2.24) is 10.2 Å². The lowest BCUT2D eigenvalue weighted by Crippen LogP contribution is -2.43. The number of carbonyl (C=O) groups excluding carboxylic acids is 1. The van der Waals surface area contributed by atoms with Gasteiger partial charge in [0.2, 0.25) is 0 Å². The molecular weight excluding hydrogens is 220 g/mol. The van der Waals surface area contributed by atoms with Crippen LogP contribution in [0, 0.1) is 12.3 Å². The zero-order valence-corrected chi connectivity index (χ0v) is 9.82. The monoisotopic (exact) mass is 238 g/mol. The lowest BCUT2D eigenvalue weighted by molar-refractivity contribution is -0.137. The Bertz CT molecular complexity index is 307. The number of nitrogens with zero attached hydrogens (tertiary/aromatic N) is 1. The molecule has 0 aliphatic heterocycles. The fourth-order valence-electron chi connectivity index (χ4n) is 1.20. The van der Waals surface area contributed by atoms with Crippen molar-refractivity contribution in [3.63, 3.8) is 0 Å². The van der Waals surface area contributed by atoms with Gasteiger partial charge in [-0.2, -0.15) is 0 Å². The highest BCUT2D eigenvalue weighted by molar-refractivity contribution is 5.80. The maximum absolute atomic E-state index is 11.6. The number of amides is 2. The number of aliphatic carboxylic acids is 1. The Kier molecular flexibility index (Phi) is 8.21. The van der Waals surface area contributed by atoms with Crippen LogP contribution in [0.4, 0.5) is 4.79 Å². The molecule has 0 rings (SSSR count). The molecule has 5 heteroatoms. The molecular formula is C12H18N2O3. The molecule has 0 saturated carbocycles. The Hall–Kier alpha value is -1.96. The third-order valence-electron chi connectivity index (χ3n) is 1.99. The predicted octanol–water partition coefficient (Wildman–Crippen LogP) is 1.07. The number of carboxylic acid groups (broad SMARTS) is 1. The Morgan fingerprint density at radius 1 is 1.47 bits per heavy atom. The van der Waals surface area contributed by atoms with Crippen LogP contribution >= 0.6 is 0 Å². The van der Waals surface area contributed by atoms with E-state index in [1.165, 1.54) is 11.0 Å². The van der Waals surface area contributed by atoms with E-state index in [0.29, 0.717) is 13.0 Å². The number of carbonyl (C=O) groups is 2. The van der Waals surface area contributed by atoms with E-state index in [9.17, 15) is 9.59 Å². The molecule has 0 radical (unpaired) electrons. The van der Waals surface area contributed by atoms with Gasteiger partial charge >= 0.3 is 12.0 Å². The minimum absolute atomic E-state index is 0.211. The van der Waals surface area contributed by atoms with E-state index in [2.05, 4.69) is 17.8 Å². The number of carboxylic acids is 1. The van der Waals surface area contributed by atoms with Gasteiger partial charge in [-0.1, -0.05) is 6.08 Å². The number of terminal acetylenes is 1. The zero-order valence-electron chi connectivity index (χ0n) is 9.82. The first kappa shape index (κ1) is 15.0. The highest BCUT2D eigenvalue weighted by Gasteiger charge is 2.14. The maximum atomic E-state index is 11.6. The van der Waals surface area contributed by atoms with Crippen molar-refractivity contribution in [3.8, 4) is 12.3 Å². The number of rotatable bonds is 8. The lowest BCUT2D eigenvalue weighted by atomic mass is 10.2. The van der Waals surface area contributed by atoms with E-state index >= 15 is 0 Å². The fraction of sp³-hybridized carbons (Fsp3) is 0.500. The first-order valence-corrected chi connectivity index (χ1v) is 5.40. The Morgan fingerprint density at radius 2 is 2.18 bits per heavy atom. The van der Waals surface area contributed by atoms with E-state index < -0.39 is 12.0 Å². The van der Waals surface area contributed by atoms with Crippen molar-refractivity contribution in [2.45, 2.75) is 19.3 Å². The number of unbranched alkanes of at least 4 members (excludes halogenated alkanes) is 2. The highest BCUT2D eigenvalue weighted by atomic mass is 16.4. The van der Waals surface area contributed by atoms with Crippen LogP contribution in [0.5, 0.6) is 0 Å². The van der Waals surface area contributed by atoms with Crippen LogP contribution < -0.4 is 5.32 Å². The molecule has 2 N–H and O–H groups in total. The van der Waals surface area contributed by atoms with Crippen molar-refractivity contribution in [2.24, 2.45) is 0 Å². The van der Waals surface area contributed by atoms with Crippen molar-refractivity contribution >= 4 is 12.0 Å². The van der Waals surface area contributed by atoms with Crippen LogP contribution in [0.15, 0.2) is 12.7 Å². The van der Waals surface area contributed by atoms with Crippen LogP contribution in [0.2, 0.25) is 0 Å². The molecule has 0 unspecified atom stereocenters. The molecule has 0 heterocycles. The van der Waals surface area contributed by atoms with Gasteiger partial charge in [-0.15, -0.1) is 18.9 Å². The number of hydrogen-bond donors (Lipinski definition) is 2. The Labute approximate surface area is 101 Å². The molecule has 0 saturated heterocycles. The van der Waals surface area contributed by atoms with Crippen LogP contribution in [-0.4, -0.2) is 41.6 Å². The average molecular weight is 238 g/mol. The summed E-state index contributed by atoms with van der Waals surface area (Å²) in [4.78, 5) is 23.3. The van der Waals surface area contributed by atoms with Crippen molar-refractivity contribution in [3.05, 3.63) is 12.7 Å². The minimum atomic E-state index is -1.05. The second kappa shape index (κ2) is 9.28. The molecule has 0 fully saturated rings. The van der Waals surface area contributed by atoms with Gasteiger partial charge in [0.1, 0.15) is 6.54 Å². The standard InChI is InChI=1S/C12H18N2O3/c1-3-5-6-7-8-13-12(17)14(9-4-2)10-11(15)16/h1,4H,2,5-10H2,(H,13,17)(H,15,16). The van der Waals surface area contributed by atoms with Crippen LogP contribution in [0.3, 0.4) is 0 Å². The molecule has 17 heavy (non-hydrogen) atoms. The molecule has 2 amide bonds. The maximum Gasteiger partial charge on any atom is 0.323 e. The summed E-state index contributed by atoms with van der Waals surface area (Å²) < 4.78 is 0. The highest BCUT2D eigenvalue weighted by Crippen LogP contribution is 1.94. The van der Waals surface area contributed by atoms with E-state index in [-0.39, 0.29) is 13.1 Å². The van der Waals surface area contributed by atoms with E-state index in [1.807, 2.05) is 0 Å². The average Bonchev–Trinajstić information content (AvgIpc) is 2.27. The summed E-state index contributed by atoms with van der Waals surface area (Å²) >= 11 is 0. The van der Waals surface area contributed by atoms with Gasteiger partial charge in [0, 0.05) is 19.5 Å². The van der Waals surface area contributed by atoms with Crippen LogP contribution in [0.25, 0.3) is 0 Å². The fourth-order valence-corrected chi connectivity index (χ4v) is 1.20. The van der Waals surface area contributed by atoms with Crippen LogP contribution in [-0.2, 0) is 4.79 Å². The second-order valence-corrected chi connectivity index (χ2v) is 3.46. The summed E-state index contributed by atoms with van der Waals surface area (Å²) in [5, 5.41) is 11.3. The summed E-state index contributed by atoms with van der Waals surface area (Å²) in [5.74, 6) is 1.46. The Balaban J connectivity index is 3.93. The van der Waals surface area contributed by atoms with Gasteiger partial charge in [0.05, 0.1) is 0 Å². The summed E-state index contributed by atoms with van der Waals surface area (Å²) in [6.07, 6.45) is 8.89. The lowest BCUT2D eigenvalue weighted by Gasteiger charge is -2.19. The Morgan fingerprint density at radius 3 is 2.71 bits per heavy atom. The van der Waals surface area contributed by atoms with Crippen LogP contribution in [0.1, 0.15) is 19.3 Å². The molecule has 0 aliphatic rings. The summed E-state index contributed by atoms with van der Waals surface area (Å²) in [6.45, 7) is 3.85. The third-order valence-corrected chi connectivity index (χ3v) is 1.99. The molecule has 5 nitrogen and oxygen atoms in total. The van der Waals surface area contributed by atoms with Crippen molar-refractivity contribution in [2.75, 3.05) is 19.6 Å². The van der Waals surface area contributed by atoms with Crippen molar-refractivity contribution in [1.29, 1.82) is 0 Å². The third kappa shape index (κ3) is 7.91. The summed E-state index contributed by atoms with van der Waals surface area (Å²) in [7, 11) is 0. The van der Waals surface area contributed by atoms with Gasteiger partial charge in [-0.25, -0.2) is 4.79 Å². The SMILES string of the molecule is C#CCCCCNC(=O)N(CC=C)CC(=O)O. The van der Waals surface area contributed by atoms with Crippen molar-refractivity contribution < 1.29 is 14.7 Å². The van der Waals surface area contributed by atoms with Gasteiger partial charge in [-0.3, -0.25) is 4.79 Å². The first-order valence-electron chi connectivity index (χ1n) is 5.40. The van der Waals surface area contributed by atoms with Gasteiger partial charge < -0.3 is 15.3 Å². The topological polar surface area (TPSA) is 69.6 Å². The first-order chi connectivity index (χ1) is 8.11. The number of nitrogens with one attached hydrogen (secondary N) is 1. The van der Waals surface area contributed by atoms with Gasteiger partial charge in [-0.05, 0) is 12.8 Å². The quantitative estimate of drug-likeness (QED) is 0.377. The molecule has 0 bridgehead atoms. The number of hydrogen-bond acceptors (Lipinski definition) is 2. The normalized spacial score (nSPS) is 9.12. The molecule has 0 aliphatic carbocycles. The minimum Gasteiger partial charge on any atom is -0.480 e.